The van der Waals surface area contributed by atoms with Gasteiger partial charge in [0.2, 0.25) is 11.8 Å². The smallest absolute Gasteiger partial charge is 0.414 e. The summed E-state index contributed by atoms with van der Waals surface area (Å²) in [5.74, 6) is -3.82. The van der Waals surface area contributed by atoms with Crippen LogP contribution in [0.3, 0.4) is 0 Å². The molecule has 18 heteroatoms. The normalized spacial score (nSPS) is 23.8. The summed E-state index contributed by atoms with van der Waals surface area (Å²) in [5, 5.41) is 20.8. The van der Waals surface area contributed by atoms with Crippen LogP contribution in [0.25, 0.3) is 0 Å². The first-order chi connectivity index (χ1) is 36.2. The number of anilines is 6. The molecule has 4 aliphatic heterocycles. The average Bonchev–Trinajstić information content (AvgIpc) is 3.73. The van der Waals surface area contributed by atoms with E-state index in [1.165, 1.54) is 68.1 Å². The van der Waals surface area contributed by atoms with Gasteiger partial charge in [-0.25, -0.2) is 28.0 Å². The van der Waals surface area contributed by atoms with Crippen LogP contribution in [0.5, 0.6) is 0 Å². The minimum atomic E-state index is -1.20. The van der Waals surface area contributed by atoms with Crippen molar-refractivity contribution in [1.29, 1.82) is 0 Å². The summed E-state index contributed by atoms with van der Waals surface area (Å²) >= 11 is 12.3. The molecule has 2 saturated heterocycles. The van der Waals surface area contributed by atoms with E-state index in [0.29, 0.717) is 56.8 Å². The van der Waals surface area contributed by atoms with Crippen molar-refractivity contribution in [1.82, 2.24) is 0 Å². The molecule has 4 atom stereocenters. The van der Waals surface area contributed by atoms with Crippen molar-refractivity contribution in [3.63, 3.8) is 0 Å². The maximum atomic E-state index is 14.7. The highest BCUT2D eigenvalue weighted by atomic mass is 35.5. The maximum Gasteiger partial charge on any atom is 0.414 e. The SMILES string of the molecule is CC(C)[C@@]1(c2ccc(Cl)cc2)C[C@@]12C(=O)N(c1cc(C(=O)O)cc(N3CCOC3=O)c1)c1ccc(F)cc12.CC(C)[C@]1(c2ccc(Cl)cc2)C[C@]12C(=O)N(c1cc(C(=O)O)cc(N3CCOC3=O)c1)c1ccc(F)cc12. The lowest BCUT2D eigenvalue weighted by molar-refractivity contribution is -0.121. The van der Waals surface area contributed by atoms with E-state index in [2.05, 4.69) is 0 Å². The summed E-state index contributed by atoms with van der Waals surface area (Å²) in [6, 6.07) is 32.1. The Kier molecular flexibility index (Phi) is 11.9. The number of cyclic esters (lactones) is 2. The van der Waals surface area contributed by atoms with Crippen LogP contribution < -0.4 is 19.6 Å². The van der Waals surface area contributed by atoms with E-state index in [0.717, 1.165) is 11.1 Å². The van der Waals surface area contributed by atoms with Gasteiger partial charge in [0.15, 0.2) is 0 Å². The van der Waals surface area contributed by atoms with E-state index < -0.39 is 57.4 Å². The van der Waals surface area contributed by atoms with Crippen LogP contribution in [0, 0.1) is 23.5 Å². The predicted molar refractivity (Wildman–Crippen MR) is 280 cm³/mol. The summed E-state index contributed by atoms with van der Waals surface area (Å²) < 4.78 is 39.5. The first-order valence-corrected chi connectivity index (χ1v) is 25.4. The molecule has 4 fully saturated rings. The van der Waals surface area contributed by atoms with Gasteiger partial charge in [-0.05, 0) is 144 Å². The van der Waals surface area contributed by atoms with Crippen molar-refractivity contribution < 1.29 is 57.2 Å². The molecule has 6 aromatic rings. The summed E-state index contributed by atoms with van der Waals surface area (Å²) in [4.78, 5) is 83.2. The quantitative estimate of drug-likeness (QED) is 0.134. The van der Waals surface area contributed by atoms with Gasteiger partial charge in [0.25, 0.3) is 0 Å². The van der Waals surface area contributed by atoms with Gasteiger partial charge in [-0.15, -0.1) is 0 Å². The lowest BCUT2D eigenvalue weighted by atomic mass is 9.75. The first kappa shape index (κ1) is 50.3. The standard InChI is InChI=1S/2C29H24ClFN2O5/c2*1-16(2)28(18-3-5-19(30)6-4-18)15-29(28)23-13-20(31)7-8-24(23)33(26(29)36)22-12-17(25(34)35)11-21(14-22)32-9-10-38-27(32)37/h2*3-8,11-14,16H,9-10,15H2,1-2H3,(H,34,35)/t2*28-,29-/m10/s1. The number of amides is 4. The Morgan fingerprint density at radius 2 is 0.882 bits per heavy atom. The molecule has 0 unspecified atom stereocenters. The van der Waals surface area contributed by atoms with Crippen molar-refractivity contribution in [3.8, 4) is 0 Å². The Hall–Kier alpha value is -7.82. The van der Waals surface area contributed by atoms with Gasteiger partial charge in [0.05, 0.1) is 69.2 Å². The third-order valence-corrected chi connectivity index (χ3v) is 17.0. The highest BCUT2D eigenvalue weighted by Gasteiger charge is 2.79. The van der Waals surface area contributed by atoms with Crippen LogP contribution in [0.1, 0.15) is 83.5 Å². The Labute approximate surface area is 444 Å². The van der Waals surface area contributed by atoms with E-state index in [9.17, 15) is 47.8 Å². The van der Waals surface area contributed by atoms with E-state index in [-0.39, 0.29) is 72.5 Å². The van der Waals surface area contributed by atoms with Crippen molar-refractivity contribution in [2.45, 2.75) is 62.2 Å². The first-order valence-electron chi connectivity index (χ1n) is 24.7. The van der Waals surface area contributed by atoms with Crippen LogP contribution >= 0.6 is 23.2 Å². The Morgan fingerprint density at radius 3 is 1.20 bits per heavy atom. The molecule has 4 amide bonds. The number of fused-ring (bicyclic) bond motifs is 4. The van der Waals surface area contributed by atoms with Gasteiger partial charge >= 0.3 is 24.1 Å². The topological polar surface area (TPSA) is 174 Å². The van der Waals surface area contributed by atoms with Gasteiger partial charge in [0.1, 0.15) is 24.8 Å². The summed E-state index contributed by atoms with van der Waals surface area (Å²) in [7, 11) is 0. The minimum Gasteiger partial charge on any atom is -0.478 e. The van der Waals surface area contributed by atoms with Crippen molar-refractivity contribution in [2.75, 3.05) is 45.9 Å². The van der Waals surface area contributed by atoms with Gasteiger partial charge < -0.3 is 19.7 Å². The predicted octanol–water partition coefficient (Wildman–Crippen LogP) is 12.1. The highest BCUT2D eigenvalue weighted by molar-refractivity contribution is 6.31. The monoisotopic (exact) mass is 1070 g/mol. The molecule has 14 nitrogen and oxygen atoms in total. The van der Waals surface area contributed by atoms with Crippen LogP contribution in [0.4, 0.5) is 52.5 Å². The third kappa shape index (κ3) is 7.31. The second kappa shape index (κ2) is 17.9. The molecule has 0 radical (unpaired) electrons. The molecular formula is C58H48Cl2F2N4O10. The number of carboxylic acid groups (broad SMARTS) is 2. The minimum absolute atomic E-state index is 0.0176. The van der Waals surface area contributed by atoms with Crippen LogP contribution in [0.15, 0.2) is 121 Å². The Bertz CT molecular complexity index is 3280. The van der Waals surface area contributed by atoms with Crippen molar-refractivity contribution >= 4 is 93.3 Å². The zero-order valence-electron chi connectivity index (χ0n) is 41.4. The van der Waals surface area contributed by atoms with Gasteiger partial charge in [-0.1, -0.05) is 75.2 Å². The third-order valence-electron chi connectivity index (χ3n) is 16.5. The second-order valence-electron chi connectivity index (χ2n) is 20.7. The van der Waals surface area contributed by atoms with Crippen LogP contribution in [0.2, 0.25) is 10.0 Å². The fourth-order valence-electron chi connectivity index (χ4n) is 12.9. The summed E-state index contributed by atoms with van der Waals surface area (Å²) in [6.45, 7) is 9.04. The van der Waals surface area contributed by atoms with Crippen LogP contribution in [-0.2, 0) is 40.7 Å². The number of hydrogen-bond donors (Lipinski definition) is 2. The van der Waals surface area contributed by atoms with E-state index in [1.54, 1.807) is 48.5 Å². The molecule has 2 N–H and O–H groups in total. The fourth-order valence-corrected chi connectivity index (χ4v) is 13.2. The number of nitrogens with zero attached hydrogens (tertiary/aromatic N) is 4. The highest BCUT2D eigenvalue weighted by Crippen LogP contribution is 2.75. The van der Waals surface area contributed by atoms with Gasteiger partial charge in [-0.2, -0.15) is 0 Å². The molecule has 6 aromatic carbocycles. The summed E-state index contributed by atoms with van der Waals surface area (Å²) in [5.41, 5.74) is 1.68. The molecule has 0 bridgehead atoms. The number of carboxylic acids is 2. The zero-order valence-corrected chi connectivity index (χ0v) is 42.9. The van der Waals surface area contributed by atoms with Crippen LogP contribution in [-0.4, -0.2) is 72.5 Å². The molecule has 4 heterocycles. The lowest BCUT2D eigenvalue weighted by Crippen LogP contribution is -2.36. The number of aromatic carboxylic acids is 2. The Balaban J connectivity index is 0.000000162. The lowest BCUT2D eigenvalue weighted by Gasteiger charge is -2.27. The second-order valence-corrected chi connectivity index (χ2v) is 21.5. The van der Waals surface area contributed by atoms with E-state index in [1.807, 2.05) is 52.0 Å². The largest absolute Gasteiger partial charge is 0.478 e. The van der Waals surface area contributed by atoms with Crippen molar-refractivity contribution in [3.05, 3.63) is 176 Å². The number of carbonyl (C=O) groups excluding carboxylic acids is 4. The number of rotatable bonds is 10. The fraction of sp³-hybridized carbons (Fsp3) is 0.276. The number of halogens is 4. The molecule has 12 rings (SSSR count). The number of ether oxygens (including phenoxy) is 2. The Morgan fingerprint density at radius 1 is 0.526 bits per heavy atom. The van der Waals surface area contributed by atoms with E-state index in [4.69, 9.17) is 32.7 Å². The molecule has 2 saturated carbocycles. The molecule has 0 aromatic heterocycles. The van der Waals surface area contributed by atoms with E-state index >= 15 is 0 Å². The molecule has 388 valence electrons. The molecule has 2 aliphatic carbocycles. The zero-order chi connectivity index (χ0) is 54.0. The number of hydrogen-bond acceptors (Lipinski definition) is 8. The molecule has 2 spiro atoms. The molecule has 76 heavy (non-hydrogen) atoms. The number of benzene rings is 6. The van der Waals surface area contributed by atoms with Gasteiger partial charge in [0, 0.05) is 20.9 Å². The van der Waals surface area contributed by atoms with Gasteiger partial charge in [-0.3, -0.25) is 29.2 Å². The molecular weight excluding hydrogens is 1020 g/mol. The maximum absolute atomic E-state index is 14.7. The number of carbonyl (C=O) groups is 6. The average molecular weight is 1070 g/mol. The molecule has 6 aliphatic rings. The summed E-state index contributed by atoms with van der Waals surface area (Å²) in [6.07, 6.45) is -0.243. The van der Waals surface area contributed by atoms with Crippen molar-refractivity contribution in [2.24, 2.45) is 11.8 Å².